The van der Waals surface area contributed by atoms with E-state index >= 15 is 0 Å². The number of amides is 2. The molecule has 3 N–H and O–H groups in total. The van der Waals surface area contributed by atoms with Crippen LogP contribution < -0.4 is 20.5 Å². The second-order valence-electron chi connectivity index (χ2n) is 7.48. The van der Waals surface area contributed by atoms with Gasteiger partial charge in [-0.3, -0.25) is 9.59 Å². The highest BCUT2D eigenvalue weighted by atomic mass is 16.5. The zero-order valence-corrected chi connectivity index (χ0v) is 18.4. The molecular weight excluding hydrogens is 406 g/mol. The average molecular weight is 434 g/mol. The Morgan fingerprint density at radius 3 is 2.03 bits per heavy atom. The molecule has 32 heavy (non-hydrogen) atoms. The van der Waals surface area contributed by atoms with E-state index in [1.807, 2.05) is 38.4 Å². The molecule has 1 atom stereocenters. The predicted octanol–water partition coefficient (Wildman–Crippen LogP) is 3.62. The molecule has 166 valence electrons. The molecule has 1 unspecified atom stereocenters. The van der Waals surface area contributed by atoms with Gasteiger partial charge in [0.25, 0.3) is 5.91 Å². The molecule has 3 rings (SSSR count). The van der Waals surface area contributed by atoms with Gasteiger partial charge >= 0.3 is 0 Å². The summed E-state index contributed by atoms with van der Waals surface area (Å²) in [6, 6.07) is 21.2. The van der Waals surface area contributed by atoms with E-state index in [1.165, 1.54) is 0 Å². The van der Waals surface area contributed by atoms with Crippen molar-refractivity contribution in [1.82, 2.24) is 10.2 Å². The van der Waals surface area contributed by atoms with Gasteiger partial charge in [-0.25, -0.2) is 0 Å². The second kappa shape index (κ2) is 10.5. The lowest BCUT2D eigenvalue weighted by molar-refractivity contribution is 0.0940. The number of nitrogens with zero attached hydrogens (tertiary/aromatic N) is 1. The predicted molar refractivity (Wildman–Crippen MR) is 123 cm³/mol. The molecule has 7 heteroatoms. The molecule has 0 saturated carbocycles. The van der Waals surface area contributed by atoms with Crippen LogP contribution in [0.4, 0.5) is 0 Å². The maximum atomic E-state index is 12.7. The molecule has 0 aliphatic rings. The van der Waals surface area contributed by atoms with E-state index in [4.69, 9.17) is 15.2 Å². The van der Waals surface area contributed by atoms with E-state index in [2.05, 4.69) is 10.2 Å². The third-order valence-electron chi connectivity index (χ3n) is 5.05. The van der Waals surface area contributed by atoms with Crippen molar-refractivity contribution in [1.29, 1.82) is 0 Å². The summed E-state index contributed by atoms with van der Waals surface area (Å²) < 4.78 is 11.1. The van der Waals surface area contributed by atoms with Gasteiger partial charge in [-0.15, -0.1) is 0 Å². The minimum Gasteiger partial charge on any atom is -0.497 e. The molecule has 0 radical (unpaired) electrons. The van der Waals surface area contributed by atoms with Crippen molar-refractivity contribution in [2.75, 3.05) is 27.7 Å². The van der Waals surface area contributed by atoms with Crippen molar-refractivity contribution in [3.05, 3.63) is 89.5 Å². The first-order valence-corrected chi connectivity index (χ1v) is 10.1. The van der Waals surface area contributed by atoms with Crippen LogP contribution in [0.15, 0.2) is 72.8 Å². The van der Waals surface area contributed by atoms with Gasteiger partial charge in [0, 0.05) is 17.7 Å². The van der Waals surface area contributed by atoms with Crippen LogP contribution in [0.25, 0.3) is 0 Å². The Labute approximate surface area is 187 Å². The van der Waals surface area contributed by atoms with Gasteiger partial charge in [-0.05, 0) is 80.3 Å². The lowest BCUT2D eigenvalue weighted by Crippen LogP contribution is -2.34. The number of likely N-dealkylation sites (N-methyl/N-ethyl adjacent to an activating group) is 1. The Kier molecular flexibility index (Phi) is 7.46. The van der Waals surface area contributed by atoms with Crippen LogP contribution in [0.1, 0.15) is 32.3 Å². The Hall–Kier alpha value is -3.84. The fourth-order valence-electron chi connectivity index (χ4n) is 3.24. The molecule has 7 nitrogen and oxygen atoms in total. The smallest absolute Gasteiger partial charge is 0.251 e. The maximum Gasteiger partial charge on any atom is 0.251 e. The molecule has 0 aliphatic heterocycles. The van der Waals surface area contributed by atoms with E-state index < -0.39 is 5.91 Å². The molecule has 0 aromatic heterocycles. The fraction of sp³-hybridized carbons (Fsp3) is 0.200. The molecule has 0 heterocycles. The maximum absolute atomic E-state index is 12.7. The lowest BCUT2D eigenvalue weighted by Gasteiger charge is -2.25. The second-order valence-corrected chi connectivity index (χ2v) is 7.48. The summed E-state index contributed by atoms with van der Waals surface area (Å²) in [6.45, 7) is 0.448. The minimum atomic E-state index is -0.491. The highest BCUT2D eigenvalue weighted by Crippen LogP contribution is 2.24. The first-order chi connectivity index (χ1) is 15.4. The van der Waals surface area contributed by atoms with Crippen LogP contribution in [0, 0.1) is 0 Å². The summed E-state index contributed by atoms with van der Waals surface area (Å²) in [7, 11) is 5.58. The Bertz CT molecular complexity index is 1060. The first-order valence-electron chi connectivity index (χ1n) is 10.1. The van der Waals surface area contributed by atoms with Crippen molar-refractivity contribution in [3.63, 3.8) is 0 Å². The number of nitrogens with one attached hydrogen (secondary N) is 1. The summed E-state index contributed by atoms with van der Waals surface area (Å²) in [6.07, 6.45) is 0. The Balaban J connectivity index is 1.61. The van der Waals surface area contributed by atoms with Gasteiger partial charge in [0.15, 0.2) is 0 Å². The van der Waals surface area contributed by atoms with E-state index in [1.54, 1.807) is 55.6 Å². The fourth-order valence-corrected chi connectivity index (χ4v) is 3.24. The number of hydrogen-bond donors (Lipinski definition) is 2. The van der Waals surface area contributed by atoms with Gasteiger partial charge in [0.1, 0.15) is 17.2 Å². The van der Waals surface area contributed by atoms with E-state index in [0.717, 1.165) is 11.3 Å². The van der Waals surface area contributed by atoms with Crippen molar-refractivity contribution in [2.24, 2.45) is 5.73 Å². The third kappa shape index (κ3) is 5.86. The number of carbonyl (C=O) groups is 2. The van der Waals surface area contributed by atoms with Crippen LogP contribution in [-0.2, 0) is 0 Å². The van der Waals surface area contributed by atoms with Gasteiger partial charge in [-0.1, -0.05) is 12.1 Å². The van der Waals surface area contributed by atoms with Crippen LogP contribution in [0.5, 0.6) is 17.2 Å². The molecule has 0 spiro atoms. The van der Waals surface area contributed by atoms with Gasteiger partial charge < -0.3 is 25.4 Å². The van der Waals surface area contributed by atoms with Gasteiger partial charge in [-0.2, -0.15) is 0 Å². The number of methoxy groups -OCH3 is 1. The lowest BCUT2D eigenvalue weighted by atomic mass is 10.1. The first kappa shape index (κ1) is 22.8. The van der Waals surface area contributed by atoms with Gasteiger partial charge in [0.05, 0.1) is 13.2 Å². The van der Waals surface area contributed by atoms with E-state index in [9.17, 15) is 9.59 Å². The molecule has 3 aromatic carbocycles. The number of benzene rings is 3. The highest BCUT2D eigenvalue weighted by molar-refractivity contribution is 5.94. The molecule has 2 amide bonds. The quantitative estimate of drug-likeness (QED) is 0.538. The van der Waals surface area contributed by atoms with Crippen molar-refractivity contribution in [3.8, 4) is 17.2 Å². The van der Waals surface area contributed by atoms with E-state index in [-0.39, 0.29) is 11.9 Å². The summed E-state index contributed by atoms with van der Waals surface area (Å²) in [5.41, 5.74) is 7.24. The number of hydrogen-bond acceptors (Lipinski definition) is 5. The summed E-state index contributed by atoms with van der Waals surface area (Å²) in [4.78, 5) is 25.9. The zero-order chi connectivity index (χ0) is 23.1. The van der Waals surface area contributed by atoms with E-state index in [0.29, 0.717) is 29.2 Å². The molecule has 0 bridgehead atoms. The number of primary amides is 1. The third-order valence-corrected chi connectivity index (χ3v) is 5.05. The summed E-state index contributed by atoms with van der Waals surface area (Å²) in [5.74, 6) is 1.27. The molecular formula is C25H27N3O4. The van der Waals surface area contributed by atoms with Crippen LogP contribution in [-0.4, -0.2) is 44.5 Å². The van der Waals surface area contributed by atoms with Crippen molar-refractivity contribution < 1.29 is 19.1 Å². The molecule has 3 aromatic rings. The summed E-state index contributed by atoms with van der Waals surface area (Å²) in [5, 5.41) is 3.00. The van der Waals surface area contributed by atoms with Gasteiger partial charge in [0.2, 0.25) is 5.91 Å². The molecule has 0 fully saturated rings. The van der Waals surface area contributed by atoms with Crippen molar-refractivity contribution in [2.45, 2.75) is 6.04 Å². The zero-order valence-electron chi connectivity index (χ0n) is 18.4. The monoisotopic (exact) mass is 433 g/mol. The number of nitrogens with two attached hydrogens (primary N) is 1. The topological polar surface area (TPSA) is 93.9 Å². The standard InChI is InChI=1S/C25H27N3O4/c1-28(2)23(19-5-4-6-22(15-19)31-3)16-27-25(30)18-9-13-21(14-10-18)32-20-11-7-17(8-12-20)24(26)29/h4-15,23H,16H2,1-3H3,(H2,26,29)(H,27,30). The van der Waals surface area contributed by atoms with Crippen LogP contribution in [0.3, 0.4) is 0 Å². The minimum absolute atomic E-state index is 0.0000283. The highest BCUT2D eigenvalue weighted by Gasteiger charge is 2.16. The van der Waals surface area contributed by atoms with Crippen LogP contribution in [0.2, 0.25) is 0 Å². The Morgan fingerprint density at radius 1 is 0.906 bits per heavy atom. The molecule has 0 saturated heterocycles. The number of ether oxygens (including phenoxy) is 2. The Morgan fingerprint density at radius 2 is 1.50 bits per heavy atom. The van der Waals surface area contributed by atoms with Crippen LogP contribution >= 0.6 is 0 Å². The molecule has 0 aliphatic carbocycles. The van der Waals surface area contributed by atoms with Crippen molar-refractivity contribution >= 4 is 11.8 Å². The SMILES string of the molecule is COc1cccc(C(CNC(=O)c2ccc(Oc3ccc(C(N)=O)cc3)cc2)N(C)C)c1. The number of carbonyl (C=O) groups excluding carboxylic acids is 2. The summed E-state index contributed by atoms with van der Waals surface area (Å²) >= 11 is 0. The normalized spacial score (nSPS) is 11.6. The average Bonchev–Trinajstić information content (AvgIpc) is 2.80. The number of rotatable bonds is 9. The largest absolute Gasteiger partial charge is 0.497 e.